The van der Waals surface area contributed by atoms with Gasteiger partial charge in [-0.3, -0.25) is 0 Å². The van der Waals surface area contributed by atoms with E-state index in [2.05, 4.69) is 67.9 Å². The summed E-state index contributed by atoms with van der Waals surface area (Å²) in [4.78, 5) is 0.536. The highest BCUT2D eigenvalue weighted by atomic mass is 79.9. The predicted octanol–water partition coefficient (Wildman–Crippen LogP) is 4.77. The summed E-state index contributed by atoms with van der Waals surface area (Å²) in [6.45, 7) is 8.98. The second-order valence-electron chi connectivity index (χ2n) is 4.81. The Bertz CT molecular complexity index is 285. The quantitative estimate of drug-likeness (QED) is 0.690. The summed E-state index contributed by atoms with van der Waals surface area (Å²) in [7, 11) is 0. The molecule has 1 heteroatoms. The van der Waals surface area contributed by atoms with Crippen LogP contribution in [-0.2, 0) is 6.42 Å². The maximum atomic E-state index is 3.64. The second kappa shape index (κ2) is 5.69. The highest BCUT2D eigenvalue weighted by Crippen LogP contribution is 2.24. The summed E-state index contributed by atoms with van der Waals surface area (Å²) in [5.74, 6) is 1.32. The van der Waals surface area contributed by atoms with Crippen LogP contribution in [0.1, 0.15) is 44.7 Å². The summed E-state index contributed by atoms with van der Waals surface area (Å²) in [5.41, 5.74) is 2.87. The molecule has 0 saturated heterocycles. The van der Waals surface area contributed by atoms with Gasteiger partial charge in [-0.15, -0.1) is 0 Å². The summed E-state index contributed by atoms with van der Waals surface area (Å²) in [6.07, 6.45) is 1.18. The van der Waals surface area contributed by atoms with Crippen LogP contribution >= 0.6 is 15.9 Å². The SMILES string of the molecule is CC(C)Cc1ccc(C(C)C(C)Br)cc1. The van der Waals surface area contributed by atoms with Crippen molar-refractivity contribution in [3.8, 4) is 0 Å². The average Bonchev–Trinajstić information content (AvgIpc) is 2.17. The summed E-state index contributed by atoms with van der Waals surface area (Å²) < 4.78 is 0. The fraction of sp³-hybridized carbons (Fsp3) is 0.571. The van der Waals surface area contributed by atoms with Crippen molar-refractivity contribution >= 4 is 15.9 Å². The zero-order chi connectivity index (χ0) is 11.4. The van der Waals surface area contributed by atoms with Crippen LogP contribution in [0.4, 0.5) is 0 Å². The number of alkyl halides is 1. The van der Waals surface area contributed by atoms with Crippen LogP contribution in [-0.4, -0.2) is 4.83 Å². The van der Waals surface area contributed by atoms with E-state index < -0.39 is 0 Å². The van der Waals surface area contributed by atoms with Gasteiger partial charge < -0.3 is 0 Å². The normalized spacial score (nSPS) is 15.3. The third-order valence-corrected chi connectivity index (χ3v) is 3.63. The maximum absolute atomic E-state index is 3.64. The number of rotatable bonds is 4. The van der Waals surface area contributed by atoms with E-state index >= 15 is 0 Å². The van der Waals surface area contributed by atoms with Crippen molar-refractivity contribution in [2.75, 3.05) is 0 Å². The third kappa shape index (κ3) is 3.98. The Morgan fingerprint density at radius 3 is 1.93 bits per heavy atom. The first-order valence-electron chi connectivity index (χ1n) is 5.73. The van der Waals surface area contributed by atoms with E-state index in [1.807, 2.05) is 0 Å². The molecule has 0 aliphatic rings. The van der Waals surface area contributed by atoms with E-state index in [0.29, 0.717) is 10.7 Å². The Morgan fingerprint density at radius 2 is 1.53 bits per heavy atom. The number of hydrogen-bond acceptors (Lipinski definition) is 0. The molecule has 2 atom stereocenters. The molecule has 0 N–H and O–H groups in total. The molecule has 15 heavy (non-hydrogen) atoms. The Hall–Kier alpha value is -0.300. The molecule has 2 unspecified atom stereocenters. The topological polar surface area (TPSA) is 0 Å². The van der Waals surface area contributed by atoms with Crippen LogP contribution in [0.15, 0.2) is 24.3 Å². The minimum Gasteiger partial charge on any atom is -0.0887 e. The number of benzene rings is 1. The third-order valence-electron chi connectivity index (χ3n) is 2.84. The predicted molar refractivity (Wildman–Crippen MR) is 71.8 cm³/mol. The molecule has 0 saturated carbocycles. The molecule has 0 bridgehead atoms. The van der Waals surface area contributed by atoms with Crippen molar-refractivity contribution in [1.82, 2.24) is 0 Å². The van der Waals surface area contributed by atoms with Crippen molar-refractivity contribution < 1.29 is 0 Å². The minimum absolute atomic E-state index is 0.536. The Morgan fingerprint density at radius 1 is 1.00 bits per heavy atom. The van der Waals surface area contributed by atoms with E-state index in [1.165, 1.54) is 17.5 Å². The van der Waals surface area contributed by atoms with Gasteiger partial charge in [-0.1, -0.05) is 67.9 Å². The summed E-state index contributed by atoms with van der Waals surface area (Å²) in [6, 6.07) is 9.06. The zero-order valence-corrected chi connectivity index (χ0v) is 11.7. The minimum atomic E-state index is 0.536. The second-order valence-corrected chi connectivity index (χ2v) is 6.25. The van der Waals surface area contributed by atoms with Crippen LogP contribution in [0.2, 0.25) is 0 Å². The molecular formula is C14H21Br. The largest absolute Gasteiger partial charge is 0.0887 e. The summed E-state index contributed by atoms with van der Waals surface area (Å²) in [5, 5.41) is 0. The average molecular weight is 269 g/mol. The van der Waals surface area contributed by atoms with E-state index in [-0.39, 0.29) is 0 Å². The van der Waals surface area contributed by atoms with E-state index in [1.54, 1.807) is 0 Å². The molecule has 0 fully saturated rings. The first kappa shape index (κ1) is 12.8. The Labute approximate surface area is 102 Å². The lowest BCUT2D eigenvalue weighted by molar-refractivity contribution is 0.646. The fourth-order valence-electron chi connectivity index (χ4n) is 1.69. The molecule has 0 aliphatic carbocycles. The van der Waals surface area contributed by atoms with Crippen molar-refractivity contribution in [2.24, 2.45) is 5.92 Å². The van der Waals surface area contributed by atoms with Gasteiger partial charge in [-0.25, -0.2) is 0 Å². The van der Waals surface area contributed by atoms with E-state index in [0.717, 1.165) is 5.92 Å². The lowest BCUT2D eigenvalue weighted by Crippen LogP contribution is -2.04. The van der Waals surface area contributed by atoms with Gasteiger partial charge in [0, 0.05) is 4.83 Å². The van der Waals surface area contributed by atoms with Gasteiger partial charge in [0.15, 0.2) is 0 Å². The van der Waals surface area contributed by atoms with E-state index in [9.17, 15) is 0 Å². The molecule has 0 heterocycles. The monoisotopic (exact) mass is 268 g/mol. The molecule has 1 aromatic carbocycles. The molecule has 0 aliphatic heterocycles. The van der Waals surface area contributed by atoms with Gasteiger partial charge in [0.1, 0.15) is 0 Å². The highest BCUT2D eigenvalue weighted by molar-refractivity contribution is 9.09. The first-order valence-corrected chi connectivity index (χ1v) is 6.65. The molecule has 0 nitrogen and oxygen atoms in total. The Balaban J connectivity index is 2.72. The van der Waals surface area contributed by atoms with Crippen LogP contribution in [0.3, 0.4) is 0 Å². The molecule has 84 valence electrons. The first-order chi connectivity index (χ1) is 7.00. The molecule has 0 spiro atoms. The molecule has 0 aromatic heterocycles. The Kier molecular flexibility index (Phi) is 4.85. The molecule has 1 aromatic rings. The van der Waals surface area contributed by atoms with E-state index in [4.69, 9.17) is 0 Å². The lowest BCUT2D eigenvalue weighted by Gasteiger charge is -2.15. The van der Waals surface area contributed by atoms with Crippen LogP contribution in [0.25, 0.3) is 0 Å². The van der Waals surface area contributed by atoms with Crippen LogP contribution < -0.4 is 0 Å². The van der Waals surface area contributed by atoms with Gasteiger partial charge >= 0.3 is 0 Å². The molecule has 0 amide bonds. The van der Waals surface area contributed by atoms with Crippen LogP contribution in [0.5, 0.6) is 0 Å². The van der Waals surface area contributed by atoms with Crippen molar-refractivity contribution in [3.63, 3.8) is 0 Å². The lowest BCUT2D eigenvalue weighted by atomic mass is 9.95. The number of hydrogen-bond donors (Lipinski definition) is 0. The summed E-state index contributed by atoms with van der Waals surface area (Å²) >= 11 is 3.64. The van der Waals surface area contributed by atoms with Gasteiger partial charge in [0.2, 0.25) is 0 Å². The van der Waals surface area contributed by atoms with Gasteiger partial charge in [-0.2, -0.15) is 0 Å². The molecule has 0 radical (unpaired) electrons. The van der Waals surface area contributed by atoms with Crippen molar-refractivity contribution in [1.29, 1.82) is 0 Å². The van der Waals surface area contributed by atoms with Gasteiger partial charge in [-0.05, 0) is 29.4 Å². The fourth-order valence-corrected chi connectivity index (χ4v) is 2.00. The number of halogens is 1. The highest BCUT2D eigenvalue weighted by Gasteiger charge is 2.10. The maximum Gasteiger partial charge on any atom is 0.0183 e. The van der Waals surface area contributed by atoms with Crippen molar-refractivity contribution in [2.45, 2.75) is 44.9 Å². The smallest absolute Gasteiger partial charge is 0.0183 e. The molecular weight excluding hydrogens is 248 g/mol. The van der Waals surface area contributed by atoms with Crippen LogP contribution in [0, 0.1) is 5.92 Å². The van der Waals surface area contributed by atoms with Gasteiger partial charge in [0.05, 0.1) is 0 Å². The molecule has 1 rings (SSSR count). The standard InChI is InChI=1S/C14H21Br/c1-10(2)9-13-5-7-14(8-6-13)11(3)12(4)15/h5-8,10-12H,9H2,1-4H3. The van der Waals surface area contributed by atoms with Crippen molar-refractivity contribution in [3.05, 3.63) is 35.4 Å². The van der Waals surface area contributed by atoms with Gasteiger partial charge in [0.25, 0.3) is 0 Å². The zero-order valence-electron chi connectivity index (χ0n) is 10.1.